The summed E-state index contributed by atoms with van der Waals surface area (Å²) < 4.78 is 5.16. The predicted octanol–water partition coefficient (Wildman–Crippen LogP) is 3.35. The Bertz CT molecular complexity index is 357. The van der Waals surface area contributed by atoms with E-state index in [2.05, 4.69) is 17.5 Å². The monoisotopic (exact) mass is 237 g/mol. The number of nitrogens with one attached hydrogen (secondary N) is 1. The van der Waals surface area contributed by atoms with Crippen molar-refractivity contribution >= 4 is 11.3 Å². The molecule has 0 saturated carbocycles. The molecule has 0 amide bonds. The third-order valence-electron chi connectivity index (χ3n) is 2.90. The van der Waals surface area contributed by atoms with Crippen LogP contribution in [0.4, 0.5) is 0 Å². The van der Waals surface area contributed by atoms with Gasteiger partial charge in [0.25, 0.3) is 0 Å². The molecule has 1 heterocycles. The van der Waals surface area contributed by atoms with Gasteiger partial charge in [-0.15, -0.1) is 11.3 Å². The average molecular weight is 237 g/mol. The lowest BCUT2D eigenvalue weighted by Gasteiger charge is -2.03. The second-order valence-electron chi connectivity index (χ2n) is 4.11. The van der Waals surface area contributed by atoms with Gasteiger partial charge in [0.15, 0.2) is 5.06 Å². The lowest BCUT2D eigenvalue weighted by atomic mass is 10.2. The minimum atomic E-state index is 0.960. The summed E-state index contributed by atoms with van der Waals surface area (Å²) >= 11 is 1.72. The Morgan fingerprint density at radius 1 is 1.44 bits per heavy atom. The largest absolute Gasteiger partial charge is 0.487 e. The predicted molar refractivity (Wildman–Crippen MR) is 69.1 cm³/mol. The van der Waals surface area contributed by atoms with Crippen molar-refractivity contribution < 1.29 is 4.74 Å². The van der Waals surface area contributed by atoms with E-state index in [1.807, 2.05) is 6.07 Å². The van der Waals surface area contributed by atoms with Crippen LogP contribution >= 0.6 is 11.3 Å². The molecule has 2 nitrogen and oxygen atoms in total. The molecule has 1 aromatic rings. The van der Waals surface area contributed by atoms with Crippen molar-refractivity contribution in [2.75, 3.05) is 13.7 Å². The molecule has 1 aliphatic rings. The summed E-state index contributed by atoms with van der Waals surface area (Å²) in [6, 6.07) is 4.16. The highest BCUT2D eigenvalue weighted by Crippen LogP contribution is 2.23. The van der Waals surface area contributed by atoms with Gasteiger partial charge >= 0.3 is 0 Å². The molecule has 0 aromatic carbocycles. The van der Waals surface area contributed by atoms with Crippen LogP contribution in [0.3, 0.4) is 0 Å². The smallest absolute Gasteiger partial charge is 0.173 e. The normalized spacial score (nSPS) is 15.2. The van der Waals surface area contributed by atoms with Crippen molar-refractivity contribution in [3.63, 3.8) is 0 Å². The standard InChI is InChI=1S/C13H19NOS/c1-15-13-7-6-12(16-13)10-14-9-8-11-4-2-3-5-11/h4,6-7,14H,2-3,5,8-10H2,1H3. The van der Waals surface area contributed by atoms with Gasteiger partial charge in [0, 0.05) is 11.4 Å². The molecule has 88 valence electrons. The van der Waals surface area contributed by atoms with Crippen molar-refractivity contribution in [2.24, 2.45) is 0 Å². The van der Waals surface area contributed by atoms with Gasteiger partial charge in [0.1, 0.15) is 0 Å². The van der Waals surface area contributed by atoms with Gasteiger partial charge in [-0.2, -0.15) is 0 Å². The van der Waals surface area contributed by atoms with Gasteiger partial charge < -0.3 is 10.1 Å². The molecule has 0 saturated heterocycles. The Balaban J connectivity index is 1.63. The minimum absolute atomic E-state index is 0.960. The molecule has 16 heavy (non-hydrogen) atoms. The van der Waals surface area contributed by atoms with E-state index in [9.17, 15) is 0 Å². The minimum Gasteiger partial charge on any atom is -0.487 e. The summed E-state index contributed by atoms with van der Waals surface area (Å²) in [5.74, 6) is 0. The molecular formula is C13H19NOS. The molecular weight excluding hydrogens is 218 g/mol. The first kappa shape index (κ1) is 11.7. The maximum atomic E-state index is 5.16. The average Bonchev–Trinajstić information content (AvgIpc) is 2.95. The maximum Gasteiger partial charge on any atom is 0.173 e. The Labute approximate surface area is 101 Å². The molecule has 3 heteroatoms. The quantitative estimate of drug-likeness (QED) is 0.605. The van der Waals surface area contributed by atoms with E-state index in [1.165, 1.54) is 30.6 Å². The molecule has 1 aliphatic carbocycles. The molecule has 1 N–H and O–H groups in total. The van der Waals surface area contributed by atoms with Gasteiger partial charge in [0.05, 0.1) is 7.11 Å². The fraction of sp³-hybridized carbons (Fsp3) is 0.538. The van der Waals surface area contributed by atoms with Gasteiger partial charge in [0.2, 0.25) is 0 Å². The number of thiophene rings is 1. The second kappa shape index (κ2) is 6.06. The molecule has 2 rings (SSSR count). The zero-order valence-corrected chi connectivity index (χ0v) is 10.6. The van der Waals surface area contributed by atoms with E-state index in [4.69, 9.17) is 4.74 Å². The number of hydrogen-bond acceptors (Lipinski definition) is 3. The number of rotatable bonds is 6. The molecule has 0 fully saturated rings. The van der Waals surface area contributed by atoms with Crippen LogP contribution in [-0.2, 0) is 6.54 Å². The van der Waals surface area contributed by atoms with Gasteiger partial charge in [-0.25, -0.2) is 0 Å². The summed E-state index contributed by atoms with van der Waals surface area (Å²) in [4.78, 5) is 1.34. The summed E-state index contributed by atoms with van der Waals surface area (Å²) in [6.45, 7) is 2.05. The first-order valence-electron chi connectivity index (χ1n) is 5.90. The Morgan fingerprint density at radius 2 is 2.38 bits per heavy atom. The second-order valence-corrected chi connectivity index (χ2v) is 5.24. The molecule has 0 atom stereocenters. The number of methoxy groups -OCH3 is 1. The fourth-order valence-electron chi connectivity index (χ4n) is 1.99. The van der Waals surface area contributed by atoms with Crippen LogP contribution in [0.1, 0.15) is 30.6 Å². The summed E-state index contributed by atoms with van der Waals surface area (Å²) in [6.07, 6.45) is 7.57. The Morgan fingerprint density at radius 3 is 3.06 bits per heavy atom. The molecule has 0 spiro atoms. The topological polar surface area (TPSA) is 21.3 Å². The number of allylic oxidation sites excluding steroid dienone is 1. The zero-order valence-electron chi connectivity index (χ0n) is 9.79. The third kappa shape index (κ3) is 3.35. The highest BCUT2D eigenvalue weighted by atomic mass is 32.1. The van der Waals surface area contributed by atoms with E-state index < -0.39 is 0 Å². The molecule has 0 bridgehead atoms. The SMILES string of the molecule is COc1ccc(CNCCC2=CCCC2)s1. The van der Waals surface area contributed by atoms with Crippen LogP contribution in [0.5, 0.6) is 5.06 Å². The van der Waals surface area contributed by atoms with Crippen LogP contribution < -0.4 is 10.1 Å². The fourth-order valence-corrected chi connectivity index (χ4v) is 2.78. The van der Waals surface area contributed by atoms with Gasteiger partial charge in [-0.05, 0) is 44.4 Å². The highest BCUT2D eigenvalue weighted by molar-refractivity contribution is 7.13. The van der Waals surface area contributed by atoms with Crippen LogP contribution in [0.25, 0.3) is 0 Å². The first-order chi connectivity index (χ1) is 7.88. The van der Waals surface area contributed by atoms with Crippen LogP contribution in [0.2, 0.25) is 0 Å². The van der Waals surface area contributed by atoms with Gasteiger partial charge in [-0.1, -0.05) is 11.6 Å². The molecule has 0 radical (unpaired) electrons. The van der Waals surface area contributed by atoms with Crippen molar-refractivity contribution in [1.82, 2.24) is 5.32 Å². The summed E-state index contributed by atoms with van der Waals surface area (Å²) in [7, 11) is 1.72. The lowest BCUT2D eigenvalue weighted by molar-refractivity contribution is 0.427. The van der Waals surface area contributed by atoms with Crippen LogP contribution in [0.15, 0.2) is 23.8 Å². The molecule has 0 unspecified atom stereocenters. The molecule has 0 aliphatic heterocycles. The first-order valence-corrected chi connectivity index (χ1v) is 6.71. The van der Waals surface area contributed by atoms with E-state index in [-0.39, 0.29) is 0 Å². The summed E-state index contributed by atoms with van der Waals surface area (Å²) in [5, 5.41) is 4.48. The van der Waals surface area contributed by atoms with Crippen molar-refractivity contribution in [2.45, 2.75) is 32.2 Å². The van der Waals surface area contributed by atoms with Gasteiger partial charge in [-0.3, -0.25) is 0 Å². The Hall–Kier alpha value is -0.800. The number of ether oxygens (including phenoxy) is 1. The third-order valence-corrected chi connectivity index (χ3v) is 3.94. The number of hydrogen-bond donors (Lipinski definition) is 1. The van der Waals surface area contributed by atoms with Crippen molar-refractivity contribution in [3.05, 3.63) is 28.7 Å². The summed E-state index contributed by atoms with van der Waals surface area (Å²) in [5.41, 5.74) is 1.64. The van der Waals surface area contributed by atoms with E-state index in [0.717, 1.165) is 18.2 Å². The maximum absolute atomic E-state index is 5.16. The Kier molecular flexibility index (Phi) is 4.43. The highest BCUT2D eigenvalue weighted by Gasteiger charge is 2.04. The van der Waals surface area contributed by atoms with Crippen molar-refractivity contribution in [1.29, 1.82) is 0 Å². The van der Waals surface area contributed by atoms with Crippen LogP contribution in [-0.4, -0.2) is 13.7 Å². The van der Waals surface area contributed by atoms with E-state index >= 15 is 0 Å². The zero-order chi connectivity index (χ0) is 11.2. The molecule has 1 aromatic heterocycles. The van der Waals surface area contributed by atoms with Crippen LogP contribution in [0, 0.1) is 0 Å². The van der Waals surface area contributed by atoms with Crippen molar-refractivity contribution in [3.8, 4) is 5.06 Å². The lowest BCUT2D eigenvalue weighted by Crippen LogP contribution is -2.14. The van der Waals surface area contributed by atoms with E-state index in [0.29, 0.717) is 0 Å². The van der Waals surface area contributed by atoms with E-state index in [1.54, 1.807) is 24.0 Å².